The lowest BCUT2D eigenvalue weighted by Crippen LogP contribution is -2.31. The number of carbonyl (C=O) groups is 1. The van der Waals surface area contributed by atoms with Crippen LogP contribution in [-0.2, 0) is 11.2 Å². The second-order valence-corrected chi connectivity index (χ2v) is 4.82. The van der Waals surface area contributed by atoms with Crippen molar-refractivity contribution in [2.75, 3.05) is 7.05 Å². The molecule has 0 bridgehead atoms. The van der Waals surface area contributed by atoms with Gasteiger partial charge in [-0.15, -0.1) is 11.3 Å². The molecular formula is C12H15N5O2S. The smallest absolute Gasteiger partial charge is 0.227 e. The number of rotatable bonds is 5. The van der Waals surface area contributed by atoms with Gasteiger partial charge in [0.25, 0.3) is 0 Å². The van der Waals surface area contributed by atoms with Gasteiger partial charge < -0.3 is 21.2 Å². The molecule has 20 heavy (non-hydrogen) atoms. The summed E-state index contributed by atoms with van der Waals surface area (Å²) in [5.74, 6) is 1.08. The lowest BCUT2D eigenvalue weighted by molar-refractivity contribution is -0.120. The molecule has 8 heteroatoms. The minimum Gasteiger partial charge on any atom is -0.459 e. The largest absolute Gasteiger partial charge is 0.459 e. The number of amides is 1. The fourth-order valence-corrected chi connectivity index (χ4v) is 2.10. The number of thiazole rings is 1. The van der Waals surface area contributed by atoms with Crippen molar-refractivity contribution >= 4 is 28.6 Å². The SMILES string of the molecule is CNC(=O)Cc1ccc(-c2csc(N=CC(N)N)n2)o1. The van der Waals surface area contributed by atoms with Gasteiger partial charge in [0.15, 0.2) is 5.76 Å². The molecule has 2 heterocycles. The molecule has 0 spiro atoms. The van der Waals surface area contributed by atoms with E-state index in [0.717, 1.165) is 0 Å². The summed E-state index contributed by atoms with van der Waals surface area (Å²) >= 11 is 1.35. The van der Waals surface area contributed by atoms with Crippen LogP contribution in [0.2, 0.25) is 0 Å². The number of nitrogens with zero attached hydrogens (tertiary/aromatic N) is 2. The Morgan fingerprint density at radius 2 is 2.40 bits per heavy atom. The van der Waals surface area contributed by atoms with Crippen molar-refractivity contribution in [1.82, 2.24) is 10.3 Å². The highest BCUT2D eigenvalue weighted by atomic mass is 32.1. The molecule has 0 saturated carbocycles. The molecule has 2 aromatic rings. The summed E-state index contributed by atoms with van der Waals surface area (Å²) in [6.07, 6.45) is 1.01. The average Bonchev–Trinajstić information content (AvgIpc) is 3.04. The Kier molecular flexibility index (Phi) is 4.61. The second kappa shape index (κ2) is 6.42. The predicted molar refractivity (Wildman–Crippen MR) is 77.9 cm³/mol. The fourth-order valence-electron chi connectivity index (χ4n) is 1.44. The van der Waals surface area contributed by atoms with Crippen LogP contribution in [-0.4, -0.2) is 30.3 Å². The van der Waals surface area contributed by atoms with Crippen LogP contribution >= 0.6 is 11.3 Å². The quantitative estimate of drug-likeness (QED) is 0.552. The van der Waals surface area contributed by atoms with E-state index in [2.05, 4.69) is 15.3 Å². The zero-order chi connectivity index (χ0) is 14.5. The normalized spacial score (nSPS) is 11.4. The molecule has 1 amide bonds. The summed E-state index contributed by atoms with van der Waals surface area (Å²) in [5, 5.41) is 4.90. The van der Waals surface area contributed by atoms with Crippen LogP contribution in [0.3, 0.4) is 0 Å². The predicted octanol–water partition coefficient (Wildman–Crippen LogP) is 0.637. The molecule has 0 radical (unpaired) electrons. The highest BCUT2D eigenvalue weighted by Crippen LogP contribution is 2.28. The Morgan fingerprint density at radius 1 is 1.60 bits per heavy atom. The molecule has 0 atom stereocenters. The lowest BCUT2D eigenvalue weighted by atomic mass is 10.3. The van der Waals surface area contributed by atoms with E-state index in [1.54, 1.807) is 19.2 Å². The van der Waals surface area contributed by atoms with Crippen molar-refractivity contribution in [3.8, 4) is 11.5 Å². The van der Waals surface area contributed by atoms with Gasteiger partial charge in [-0.2, -0.15) is 0 Å². The summed E-state index contributed by atoms with van der Waals surface area (Å²) in [6, 6.07) is 3.53. The number of carbonyl (C=O) groups excluding carboxylic acids is 1. The lowest BCUT2D eigenvalue weighted by Gasteiger charge is -1.95. The Labute approximate surface area is 119 Å². The van der Waals surface area contributed by atoms with Crippen molar-refractivity contribution in [1.29, 1.82) is 0 Å². The van der Waals surface area contributed by atoms with E-state index < -0.39 is 6.17 Å². The zero-order valence-electron chi connectivity index (χ0n) is 10.9. The number of hydrogen-bond donors (Lipinski definition) is 3. The standard InChI is InChI=1S/C12H15N5O2S/c1-15-11(18)4-7-2-3-9(19-7)8-6-20-12(17-8)16-5-10(13)14/h2-3,5-6,10H,4,13-14H2,1H3,(H,15,18). The first-order valence-electron chi connectivity index (χ1n) is 5.89. The van der Waals surface area contributed by atoms with Gasteiger partial charge in [0.05, 0.1) is 12.6 Å². The Morgan fingerprint density at radius 3 is 3.10 bits per heavy atom. The van der Waals surface area contributed by atoms with Gasteiger partial charge in [-0.3, -0.25) is 4.79 Å². The number of furan rings is 1. The maximum Gasteiger partial charge on any atom is 0.227 e. The van der Waals surface area contributed by atoms with Gasteiger partial charge in [0.2, 0.25) is 11.0 Å². The molecule has 0 aromatic carbocycles. The number of aromatic nitrogens is 1. The number of nitrogens with two attached hydrogens (primary N) is 2. The molecule has 0 unspecified atom stereocenters. The van der Waals surface area contributed by atoms with E-state index in [1.165, 1.54) is 17.6 Å². The zero-order valence-corrected chi connectivity index (χ0v) is 11.7. The van der Waals surface area contributed by atoms with Gasteiger partial charge in [-0.25, -0.2) is 9.98 Å². The van der Waals surface area contributed by atoms with Gasteiger partial charge in [-0.05, 0) is 12.1 Å². The monoisotopic (exact) mass is 293 g/mol. The van der Waals surface area contributed by atoms with E-state index in [-0.39, 0.29) is 12.3 Å². The van der Waals surface area contributed by atoms with E-state index in [9.17, 15) is 4.79 Å². The Bertz CT molecular complexity index is 617. The Balaban J connectivity index is 2.10. The van der Waals surface area contributed by atoms with E-state index in [1.807, 2.05) is 5.38 Å². The molecule has 2 rings (SSSR count). The second-order valence-electron chi connectivity index (χ2n) is 3.99. The van der Waals surface area contributed by atoms with Gasteiger partial charge in [-0.1, -0.05) is 0 Å². The maximum atomic E-state index is 11.3. The van der Waals surface area contributed by atoms with Crippen LogP contribution in [0.15, 0.2) is 26.9 Å². The van der Waals surface area contributed by atoms with E-state index >= 15 is 0 Å². The molecule has 106 valence electrons. The van der Waals surface area contributed by atoms with Crippen LogP contribution in [0, 0.1) is 0 Å². The highest BCUT2D eigenvalue weighted by Gasteiger charge is 2.10. The van der Waals surface area contributed by atoms with Crippen molar-refractivity contribution in [3.05, 3.63) is 23.3 Å². The number of aliphatic imine (C=N–C) groups is 1. The number of nitrogens with one attached hydrogen (secondary N) is 1. The van der Waals surface area contributed by atoms with Crippen LogP contribution in [0.4, 0.5) is 5.13 Å². The number of hydrogen-bond acceptors (Lipinski definition) is 7. The van der Waals surface area contributed by atoms with Crippen molar-refractivity contribution < 1.29 is 9.21 Å². The van der Waals surface area contributed by atoms with E-state index in [0.29, 0.717) is 22.3 Å². The molecule has 0 aliphatic heterocycles. The van der Waals surface area contributed by atoms with Crippen LogP contribution in [0.25, 0.3) is 11.5 Å². The molecular weight excluding hydrogens is 278 g/mol. The molecule has 7 nitrogen and oxygen atoms in total. The summed E-state index contributed by atoms with van der Waals surface area (Å²) in [4.78, 5) is 19.6. The minimum atomic E-state index is -0.606. The first-order chi connectivity index (χ1) is 9.58. The van der Waals surface area contributed by atoms with Gasteiger partial charge in [0, 0.05) is 18.6 Å². The van der Waals surface area contributed by atoms with Crippen molar-refractivity contribution in [2.24, 2.45) is 16.5 Å². The minimum absolute atomic E-state index is 0.105. The molecule has 0 fully saturated rings. The van der Waals surface area contributed by atoms with Crippen LogP contribution in [0.1, 0.15) is 5.76 Å². The Hall–Kier alpha value is -2.03. The molecule has 0 saturated heterocycles. The highest BCUT2D eigenvalue weighted by molar-refractivity contribution is 7.13. The van der Waals surface area contributed by atoms with Crippen molar-refractivity contribution in [3.63, 3.8) is 0 Å². The first kappa shape index (κ1) is 14.4. The third kappa shape index (κ3) is 3.73. The molecule has 5 N–H and O–H groups in total. The summed E-state index contributed by atoms with van der Waals surface area (Å²) in [7, 11) is 1.58. The molecule has 2 aromatic heterocycles. The first-order valence-corrected chi connectivity index (χ1v) is 6.77. The van der Waals surface area contributed by atoms with E-state index in [4.69, 9.17) is 15.9 Å². The summed E-state index contributed by atoms with van der Waals surface area (Å²) < 4.78 is 5.56. The van der Waals surface area contributed by atoms with Crippen LogP contribution in [0.5, 0.6) is 0 Å². The van der Waals surface area contributed by atoms with Gasteiger partial charge >= 0.3 is 0 Å². The summed E-state index contributed by atoms with van der Waals surface area (Å²) in [6.45, 7) is 0. The maximum absolute atomic E-state index is 11.3. The third-order valence-electron chi connectivity index (χ3n) is 2.38. The number of likely N-dealkylation sites (N-methyl/N-ethyl adjacent to an activating group) is 1. The summed E-state index contributed by atoms with van der Waals surface area (Å²) in [5.41, 5.74) is 11.4. The molecule has 0 aliphatic rings. The third-order valence-corrected chi connectivity index (χ3v) is 3.13. The van der Waals surface area contributed by atoms with Crippen LogP contribution < -0.4 is 16.8 Å². The van der Waals surface area contributed by atoms with Crippen molar-refractivity contribution in [2.45, 2.75) is 12.6 Å². The van der Waals surface area contributed by atoms with Gasteiger partial charge in [0.1, 0.15) is 11.5 Å². The topological polar surface area (TPSA) is 120 Å². The molecule has 0 aliphatic carbocycles. The fraction of sp³-hybridized carbons (Fsp3) is 0.250. The average molecular weight is 293 g/mol.